The van der Waals surface area contributed by atoms with Crippen LogP contribution in [-0.2, 0) is 77.1 Å². The van der Waals surface area contributed by atoms with E-state index >= 15 is 14.4 Å². The molecule has 0 bridgehead atoms. The summed E-state index contributed by atoms with van der Waals surface area (Å²) in [6.07, 6.45) is 31.5. The summed E-state index contributed by atoms with van der Waals surface area (Å²) in [5.41, 5.74) is -5.64. The molecule has 2 amide bonds. The zero-order valence-electron chi connectivity index (χ0n) is 86.0. The van der Waals surface area contributed by atoms with Crippen LogP contribution in [-0.4, -0.2) is 156 Å². The van der Waals surface area contributed by atoms with E-state index in [0.717, 1.165) is 123 Å². The summed E-state index contributed by atoms with van der Waals surface area (Å²) in [5, 5.41) is 28.1. The van der Waals surface area contributed by atoms with Gasteiger partial charge in [0.25, 0.3) is 18.7 Å². The van der Waals surface area contributed by atoms with Gasteiger partial charge in [-0.1, -0.05) is 366 Å². The molecule has 10 rings (SSSR count). The van der Waals surface area contributed by atoms with E-state index < -0.39 is 109 Å². The zero-order chi connectivity index (χ0) is 99.3. The van der Waals surface area contributed by atoms with Crippen LogP contribution in [0.4, 0.5) is 0 Å². The second kappa shape index (κ2) is 50.8. The van der Waals surface area contributed by atoms with Crippen LogP contribution < -0.4 is 10.4 Å². The number of benzene rings is 6. The maximum absolute atomic E-state index is 16.1. The largest absolute Gasteiger partial charge is 0.458 e. The van der Waals surface area contributed by atoms with Crippen LogP contribution in [0.2, 0.25) is 23.2 Å². The Labute approximate surface area is 829 Å². The van der Waals surface area contributed by atoms with Crippen LogP contribution >= 0.6 is 24.4 Å². The van der Waals surface area contributed by atoms with Gasteiger partial charge < -0.3 is 57.0 Å². The lowest BCUT2D eigenvalue weighted by atomic mass is 9.75. The molecule has 22 heteroatoms. The van der Waals surface area contributed by atoms with Crippen molar-refractivity contribution in [2.45, 2.75) is 372 Å². The predicted molar refractivity (Wildman–Crippen MR) is 560 cm³/mol. The highest BCUT2D eigenvalue weighted by Crippen LogP contribution is 2.52. The van der Waals surface area contributed by atoms with Crippen molar-refractivity contribution in [3.63, 3.8) is 0 Å². The number of carbonyl (C=O) groups excluding carboxylic acids is 4. The Balaban J connectivity index is 0.000000308. The average Bonchev–Trinajstić information content (AvgIpc) is 1.56. The molecule has 6 atom stereocenters. The summed E-state index contributed by atoms with van der Waals surface area (Å²) >= 11 is 12.2. The Kier molecular flexibility index (Phi) is 41.9. The number of amides is 2. The fourth-order valence-electron chi connectivity index (χ4n) is 19.9. The van der Waals surface area contributed by atoms with E-state index in [1.807, 2.05) is 198 Å². The second-order valence-corrected chi connectivity index (χ2v) is 53.0. The third kappa shape index (κ3) is 28.5. The smallest absolute Gasteiger partial charge is 0.339 e. The van der Waals surface area contributed by atoms with Gasteiger partial charge in [-0.15, -0.1) is 0 Å². The first-order valence-corrected chi connectivity index (χ1v) is 56.7. The Morgan fingerprint density at radius 1 is 0.412 bits per heavy atom. The minimum absolute atomic E-state index is 0.0113. The van der Waals surface area contributed by atoms with E-state index in [4.69, 9.17) is 71.2 Å². The fraction of sp³-hybridized carbons (Fsp3) is 0.596. The van der Waals surface area contributed by atoms with Crippen molar-refractivity contribution >= 4 is 85.5 Å². The topological polar surface area (TPSA) is 208 Å². The first kappa shape index (κ1) is 112. The van der Waals surface area contributed by atoms with Crippen molar-refractivity contribution in [1.29, 1.82) is 0 Å². The van der Waals surface area contributed by atoms with Gasteiger partial charge in [0, 0.05) is 74.0 Å². The number of unbranched alkanes of at least 4 members (excludes halogenated alkanes) is 16. The first-order valence-electron chi connectivity index (χ1n) is 51.0. The van der Waals surface area contributed by atoms with Gasteiger partial charge in [-0.25, -0.2) is 9.59 Å². The van der Waals surface area contributed by atoms with Gasteiger partial charge >= 0.3 is 11.9 Å². The molecular formula is C114H166N2O16S2Si2. The Bertz CT molecular complexity index is 4590. The maximum atomic E-state index is 16.1. The fourth-order valence-corrected chi connectivity index (χ4v) is 26.1. The molecule has 136 heavy (non-hydrogen) atoms. The minimum Gasteiger partial charge on any atom is -0.458 e. The second-order valence-electron chi connectivity index (χ2n) is 43.2. The summed E-state index contributed by atoms with van der Waals surface area (Å²) in [6, 6.07) is 58.6. The highest BCUT2D eigenvalue weighted by atomic mass is 32.1. The summed E-state index contributed by atoms with van der Waals surface area (Å²) in [6.45, 7) is 43.1. The number of carbonyl (C=O) groups is 4. The van der Waals surface area contributed by atoms with Crippen LogP contribution in [0.15, 0.2) is 206 Å². The lowest BCUT2D eigenvalue weighted by molar-refractivity contribution is -0.186. The van der Waals surface area contributed by atoms with Crippen LogP contribution in [0.3, 0.4) is 0 Å². The molecule has 0 aromatic heterocycles. The SMILES string of the molecule is CCCCCCCC1(CCCCCC/C=C/[C@H](C(=O)N2C(=S)OC(c3ccccc3)(c3ccccc3)[C@@H]2C(C)C)[C@@](O)(CCO[Si](C)(C)C(C)(C)C)C(=O)OC(C)(C)C)OCCO1.CCCCCCCC1(CCCCCC/C=C/[C@H](C(=O)N2C(=S)OC(c3ccccc3)(c3ccccc3)[C@@H]2C(C)C)[C@@](O)(CCO[Si](c2ccccc2)(c2ccccc2)C(C)(C)C)C(=O)OC(C)(C)C)OCCO1. The number of thiocarbonyl (C=S) groups is 2. The molecule has 0 unspecified atom stereocenters. The zero-order valence-corrected chi connectivity index (χ0v) is 89.7. The molecule has 6 aromatic rings. The van der Waals surface area contributed by atoms with Crippen LogP contribution in [0.5, 0.6) is 0 Å². The van der Waals surface area contributed by atoms with E-state index in [9.17, 15) is 15.0 Å². The lowest BCUT2D eigenvalue weighted by Gasteiger charge is -2.44. The van der Waals surface area contributed by atoms with Gasteiger partial charge in [0.1, 0.15) is 11.2 Å². The summed E-state index contributed by atoms with van der Waals surface area (Å²) in [4.78, 5) is 64.3. The van der Waals surface area contributed by atoms with Crippen LogP contribution in [0.25, 0.3) is 0 Å². The summed E-state index contributed by atoms with van der Waals surface area (Å²) in [5.74, 6) is -6.97. The molecule has 4 saturated heterocycles. The molecule has 4 aliphatic heterocycles. The standard InChI is InChI=1S/C62H85NO8SSi.C52H81NO8SSi/c1-10-11-12-16-31-42-60(67-46-47-68-60)43-32-17-14-13-15-30-41-53(55(64)63-54(48(2)3)62(71-57(63)72,49-33-22-18-23-34-49)50-35-24-19-25-36-50)61(66,56(65)70-58(4,5)6)44-45-69-73(59(7,8)9,51-37-26-20-27-38-51)52-39-28-21-29-40-52;1-12-13-14-18-27-34-50(57-38-39-58-50)35-28-19-16-15-17-26-33-43(51(56,46(55)60-48(4,5)6)36-37-59-63(10,11)49(7,8)9)45(54)53-44(40(2)3)52(61-47(53)62,41-29-22-20-23-30-41)42-31-24-21-25-32-42/h18-30,33-41,48,53-54,66H,10-17,31-32,42-47H2,1-9H3;20-26,29-33,40,43-44,56H,12-19,27-28,34-39H2,1-11H3/b41-30+;33-26+/t53-,54+,61+;43-,44+,51+/m11/s1. The number of hydrogen-bond acceptors (Lipinski definition) is 18. The first-order chi connectivity index (χ1) is 64.5. The van der Waals surface area contributed by atoms with Gasteiger partial charge in [-0.3, -0.25) is 19.4 Å². The number of allylic oxidation sites excluding steroid dienone is 2. The van der Waals surface area contributed by atoms with E-state index in [1.54, 1.807) is 53.7 Å². The Morgan fingerprint density at radius 3 is 0.963 bits per heavy atom. The number of rotatable bonds is 50. The van der Waals surface area contributed by atoms with Crippen molar-refractivity contribution in [3.8, 4) is 0 Å². The molecule has 18 nitrogen and oxygen atoms in total. The molecule has 2 N–H and O–H groups in total. The van der Waals surface area contributed by atoms with Crippen molar-refractivity contribution in [2.75, 3.05) is 39.6 Å². The summed E-state index contributed by atoms with van der Waals surface area (Å²) in [7, 11) is -5.47. The number of nitrogens with zero attached hydrogens (tertiary/aromatic N) is 2. The Morgan fingerprint density at radius 2 is 0.691 bits per heavy atom. The lowest BCUT2D eigenvalue weighted by Crippen LogP contribution is -2.67. The quantitative estimate of drug-likeness (QED) is 0.0120. The number of hydrogen-bond donors (Lipinski definition) is 2. The third-order valence-electron chi connectivity index (χ3n) is 27.8. The van der Waals surface area contributed by atoms with Crippen molar-refractivity contribution in [3.05, 3.63) is 229 Å². The molecule has 4 fully saturated rings. The van der Waals surface area contributed by atoms with Gasteiger partial charge in [-0.05, 0) is 163 Å². The van der Waals surface area contributed by atoms with Gasteiger partial charge in [0.2, 0.25) is 11.8 Å². The Hall–Kier alpha value is -7.43. The highest BCUT2D eigenvalue weighted by Gasteiger charge is 2.64. The maximum Gasteiger partial charge on any atom is 0.339 e. The van der Waals surface area contributed by atoms with Crippen LogP contribution in [0.1, 0.15) is 314 Å². The van der Waals surface area contributed by atoms with E-state index in [1.165, 1.54) is 61.2 Å². The van der Waals surface area contributed by atoms with Gasteiger partial charge in [0.15, 0.2) is 42.3 Å². The molecule has 6 aromatic carbocycles. The normalized spacial score (nSPS) is 18.7. The van der Waals surface area contributed by atoms with E-state index in [-0.39, 0.29) is 58.3 Å². The molecule has 4 aliphatic rings. The molecule has 0 spiro atoms. The molecule has 4 heterocycles. The molecule has 0 radical (unpaired) electrons. The van der Waals surface area contributed by atoms with E-state index in [2.05, 4.69) is 92.7 Å². The van der Waals surface area contributed by atoms with Crippen molar-refractivity contribution < 1.29 is 76.1 Å². The number of ether oxygens (including phenoxy) is 8. The minimum atomic E-state index is -3.16. The van der Waals surface area contributed by atoms with Gasteiger partial charge in [0.05, 0.1) is 50.3 Å². The molecule has 0 saturated carbocycles. The average molecular weight is 1940 g/mol. The van der Waals surface area contributed by atoms with Crippen molar-refractivity contribution in [1.82, 2.24) is 9.80 Å². The molecule has 748 valence electrons. The van der Waals surface area contributed by atoms with Crippen molar-refractivity contribution in [2.24, 2.45) is 23.7 Å². The number of aliphatic hydroxyl groups is 2. The monoisotopic (exact) mass is 1940 g/mol. The number of esters is 2. The van der Waals surface area contributed by atoms with Gasteiger partial charge in [-0.2, -0.15) is 0 Å². The highest BCUT2D eigenvalue weighted by molar-refractivity contribution is 7.80. The molecular weight excluding hydrogens is 1770 g/mol. The molecule has 0 aliphatic carbocycles. The third-order valence-corrected chi connectivity index (χ3v) is 38.0. The summed E-state index contributed by atoms with van der Waals surface area (Å²) < 4.78 is 64.5. The van der Waals surface area contributed by atoms with Crippen LogP contribution in [0, 0.1) is 23.7 Å². The van der Waals surface area contributed by atoms with E-state index in [0.29, 0.717) is 39.3 Å². The predicted octanol–water partition coefficient (Wildman–Crippen LogP) is 25.0.